The van der Waals surface area contributed by atoms with Crippen molar-refractivity contribution in [2.24, 2.45) is 0 Å². The third kappa shape index (κ3) is 3.78. The van der Waals surface area contributed by atoms with Crippen LogP contribution in [-0.4, -0.2) is 23.3 Å². The van der Waals surface area contributed by atoms with Gasteiger partial charge in [0.1, 0.15) is 0 Å². The summed E-state index contributed by atoms with van der Waals surface area (Å²) >= 11 is 0. The van der Waals surface area contributed by atoms with Gasteiger partial charge in [-0.15, -0.1) is 0 Å². The molecule has 0 fully saturated rings. The summed E-state index contributed by atoms with van der Waals surface area (Å²) in [6, 6.07) is 23.3. The third-order valence-corrected chi connectivity index (χ3v) is 5.67. The smallest absolute Gasteiger partial charge is 0.258 e. The summed E-state index contributed by atoms with van der Waals surface area (Å²) in [4.78, 5) is 31.4. The second-order valence-electron chi connectivity index (χ2n) is 7.65. The number of nitrogens with one attached hydrogen (secondary N) is 1. The molecule has 3 aromatic carbocycles. The van der Waals surface area contributed by atoms with Crippen LogP contribution in [0.1, 0.15) is 21.5 Å². The summed E-state index contributed by atoms with van der Waals surface area (Å²) in [5.41, 5.74) is 4.25. The fourth-order valence-corrected chi connectivity index (χ4v) is 4.14. The molecule has 0 saturated carbocycles. The number of hydrogen-bond acceptors (Lipinski definition) is 3. The summed E-state index contributed by atoms with van der Waals surface area (Å²) < 4.78 is 0. The normalized spacial score (nSPS) is 12.6. The molecule has 4 aromatic rings. The molecular weight excluding hydrogens is 386 g/mol. The molecular formula is C26H21N3O2. The zero-order valence-corrected chi connectivity index (χ0v) is 16.9. The number of benzene rings is 3. The first kappa shape index (κ1) is 19.0. The van der Waals surface area contributed by atoms with Crippen LogP contribution in [0, 0.1) is 0 Å². The molecule has 0 spiro atoms. The Morgan fingerprint density at radius 2 is 1.74 bits per heavy atom. The van der Waals surface area contributed by atoms with Gasteiger partial charge >= 0.3 is 0 Å². The van der Waals surface area contributed by atoms with Gasteiger partial charge in [0, 0.05) is 35.9 Å². The lowest BCUT2D eigenvalue weighted by Gasteiger charge is -2.18. The van der Waals surface area contributed by atoms with Gasteiger partial charge in [0.05, 0.1) is 6.42 Å². The summed E-state index contributed by atoms with van der Waals surface area (Å²) in [5.74, 6) is -0.137. The lowest BCUT2D eigenvalue weighted by molar-refractivity contribution is -0.115. The maximum Gasteiger partial charge on any atom is 0.258 e. The molecule has 5 heteroatoms. The van der Waals surface area contributed by atoms with E-state index in [1.54, 1.807) is 29.4 Å². The van der Waals surface area contributed by atoms with Crippen molar-refractivity contribution in [3.05, 3.63) is 102 Å². The van der Waals surface area contributed by atoms with E-state index >= 15 is 0 Å². The molecule has 2 amide bonds. The molecule has 31 heavy (non-hydrogen) atoms. The number of carbonyl (C=O) groups is 2. The van der Waals surface area contributed by atoms with E-state index in [0.717, 1.165) is 34.0 Å². The van der Waals surface area contributed by atoms with Crippen LogP contribution in [0.25, 0.3) is 10.8 Å². The molecule has 152 valence electrons. The zero-order chi connectivity index (χ0) is 21.2. The van der Waals surface area contributed by atoms with Gasteiger partial charge in [0.25, 0.3) is 5.91 Å². The number of rotatable bonds is 4. The number of aromatic nitrogens is 1. The van der Waals surface area contributed by atoms with Crippen molar-refractivity contribution in [1.29, 1.82) is 0 Å². The Balaban J connectivity index is 1.35. The minimum Gasteiger partial charge on any atom is -0.326 e. The first-order valence-corrected chi connectivity index (χ1v) is 10.3. The molecule has 0 radical (unpaired) electrons. The molecule has 1 aliphatic rings. The van der Waals surface area contributed by atoms with Gasteiger partial charge in [-0.3, -0.25) is 14.6 Å². The quantitative estimate of drug-likeness (QED) is 0.537. The van der Waals surface area contributed by atoms with Gasteiger partial charge in [0.2, 0.25) is 5.91 Å². The Morgan fingerprint density at radius 1 is 0.935 bits per heavy atom. The van der Waals surface area contributed by atoms with Crippen LogP contribution < -0.4 is 10.2 Å². The van der Waals surface area contributed by atoms with Crippen LogP contribution in [0.2, 0.25) is 0 Å². The summed E-state index contributed by atoms with van der Waals surface area (Å²) in [5, 5.41) is 5.20. The monoisotopic (exact) mass is 407 g/mol. The first-order chi connectivity index (χ1) is 15.2. The van der Waals surface area contributed by atoms with Crippen molar-refractivity contribution in [3.63, 3.8) is 0 Å². The largest absolute Gasteiger partial charge is 0.326 e. The Morgan fingerprint density at radius 3 is 2.61 bits per heavy atom. The number of pyridine rings is 1. The third-order valence-electron chi connectivity index (χ3n) is 5.67. The predicted octanol–water partition coefficient (Wildman–Crippen LogP) is 4.62. The zero-order valence-electron chi connectivity index (χ0n) is 16.9. The van der Waals surface area contributed by atoms with E-state index in [-0.39, 0.29) is 18.2 Å². The van der Waals surface area contributed by atoms with E-state index in [1.807, 2.05) is 60.7 Å². The van der Waals surface area contributed by atoms with Crippen LogP contribution in [0.5, 0.6) is 0 Å². The van der Waals surface area contributed by atoms with E-state index in [9.17, 15) is 9.59 Å². The summed E-state index contributed by atoms with van der Waals surface area (Å²) in [6.07, 6.45) is 4.33. The Bertz CT molecular complexity index is 1280. The number of hydrogen-bond donors (Lipinski definition) is 1. The molecule has 1 aromatic heterocycles. The highest BCUT2D eigenvalue weighted by molar-refractivity contribution is 6.07. The maximum absolute atomic E-state index is 12.9. The van der Waals surface area contributed by atoms with Crippen molar-refractivity contribution < 1.29 is 9.59 Å². The van der Waals surface area contributed by atoms with Gasteiger partial charge in [-0.25, -0.2) is 0 Å². The number of carbonyl (C=O) groups excluding carboxylic acids is 2. The van der Waals surface area contributed by atoms with Gasteiger partial charge in [-0.2, -0.15) is 0 Å². The molecule has 5 rings (SSSR count). The van der Waals surface area contributed by atoms with E-state index in [2.05, 4.69) is 10.3 Å². The summed E-state index contributed by atoms with van der Waals surface area (Å²) in [6.45, 7) is 0.629. The molecule has 0 unspecified atom stereocenters. The van der Waals surface area contributed by atoms with Gasteiger partial charge in [-0.1, -0.05) is 48.5 Å². The molecule has 0 aliphatic carbocycles. The SMILES string of the molecule is O=C(Cc1cccc2ccccc12)Nc1ccc2c(c1)N(C(=O)c1ccncc1)CC2. The Labute approximate surface area is 180 Å². The van der Waals surface area contributed by atoms with Crippen LogP contribution >= 0.6 is 0 Å². The summed E-state index contributed by atoms with van der Waals surface area (Å²) in [7, 11) is 0. The second-order valence-corrected chi connectivity index (χ2v) is 7.65. The Hall–Kier alpha value is -3.99. The van der Waals surface area contributed by atoms with Crippen LogP contribution in [0.4, 0.5) is 11.4 Å². The highest BCUT2D eigenvalue weighted by Crippen LogP contribution is 2.32. The fraction of sp³-hybridized carbons (Fsp3) is 0.115. The van der Waals surface area contributed by atoms with Gasteiger partial charge < -0.3 is 10.2 Å². The maximum atomic E-state index is 12.9. The second kappa shape index (κ2) is 8.03. The average molecular weight is 407 g/mol. The Kier molecular flexibility index (Phi) is 4.92. The lowest BCUT2D eigenvalue weighted by atomic mass is 10.0. The van der Waals surface area contributed by atoms with Crippen LogP contribution in [-0.2, 0) is 17.6 Å². The molecule has 2 heterocycles. The minimum absolute atomic E-state index is 0.0552. The number of anilines is 2. The lowest BCUT2D eigenvalue weighted by Crippen LogP contribution is -2.29. The molecule has 0 bridgehead atoms. The van der Waals surface area contributed by atoms with Crippen molar-refractivity contribution in [2.45, 2.75) is 12.8 Å². The van der Waals surface area contributed by atoms with E-state index in [4.69, 9.17) is 0 Å². The molecule has 5 nitrogen and oxygen atoms in total. The van der Waals surface area contributed by atoms with Crippen molar-refractivity contribution in [1.82, 2.24) is 4.98 Å². The minimum atomic E-state index is -0.0821. The van der Waals surface area contributed by atoms with Crippen molar-refractivity contribution in [2.75, 3.05) is 16.8 Å². The topological polar surface area (TPSA) is 62.3 Å². The van der Waals surface area contributed by atoms with Gasteiger partial charge in [-0.05, 0) is 52.6 Å². The van der Waals surface area contributed by atoms with Crippen LogP contribution in [0.15, 0.2) is 85.2 Å². The molecule has 0 atom stereocenters. The highest BCUT2D eigenvalue weighted by Gasteiger charge is 2.26. The fourth-order valence-electron chi connectivity index (χ4n) is 4.14. The predicted molar refractivity (Wildman–Crippen MR) is 122 cm³/mol. The number of fused-ring (bicyclic) bond motifs is 2. The molecule has 1 N–H and O–H groups in total. The van der Waals surface area contributed by atoms with Crippen LogP contribution in [0.3, 0.4) is 0 Å². The van der Waals surface area contributed by atoms with E-state index in [0.29, 0.717) is 17.8 Å². The average Bonchev–Trinajstić information content (AvgIpc) is 3.22. The first-order valence-electron chi connectivity index (χ1n) is 10.3. The molecule has 1 aliphatic heterocycles. The number of amides is 2. The van der Waals surface area contributed by atoms with Crippen molar-refractivity contribution >= 4 is 34.0 Å². The standard InChI is InChI=1S/C26H21N3O2/c30-25(16-21-6-3-5-18-4-1-2-7-23(18)21)28-22-9-8-19-12-15-29(24(19)17-22)26(31)20-10-13-27-14-11-20/h1-11,13-14,17H,12,15-16H2,(H,28,30). The van der Waals surface area contributed by atoms with E-state index in [1.165, 1.54) is 0 Å². The highest BCUT2D eigenvalue weighted by atomic mass is 16.2. The molecule has 0 saturated heterocycles. The number of nitrogens with zero attached hydrogens (tertiary/aromatic N) is 2. The van der Waals surface area contributed by atoms with Crippen molar-refractivity contribution in [3.8, 4) is 0 Å². The van der Waals surface area contributed by atoms with Gasteiger partial charge in [0.15, 0.2) is 0 Å². The van der Waals surface area contributed by atoms with E-state index < -0.39 is 0 Å².